The van der Waals surface area contributed by atoms with Crippen LogP contribution in [0.5, 0.6) is 0 Å². The summed E-state index contributed by atoms with van der Waals surface area (Å²) in [7, 11) is 0. The summed E-state index contributed by atoms with van der Waals surface area (Å²) in [6.45, 7) is 1.48. The first kappa shape index (κ1) is 11.2. The van der Waals surface area contributed by atoms with Gasteiger partial charge in [-0.3, -0.25) is 4.79 Å². The molecular formula is C13H16N4O. The minimum absolute atomic E-state index is 0.0584. The molecule has 1 amide bonds. The molecule has 0 radical (unpaired) electrons. The molecule has 0 spiro atoms. The SMILES string of the molecule is NC1CCN(C(=O)c2cnn3ccccc23)CC1. The maximum absolute atomic E-state index is 12.4. The van der Waals surface area contributed by atoms with Crippen molar-refractivity contribution in [2.24, 2.45) is 5.73 Å². The molecule has 1 aliphatic heterocycles. The normalized spacial score (nSPS) is 17.3. The van der Waals surface area contributed by atoms with Gasteiger partial charge >= 0.3 is 0 Å². The Kier molecular flexibility index (Phi) is 2.76. The molecule has 18 heavy (non-hydrogen) atoms. The lowest BCUT2D eigenvalue weighted by Gasteiger charge is -2.29. The third-order valence-corrected chi connectivity index (χ3v) is 3.48. The van der Waals surface area contributed by atoms with Crippen LogP contribution in [-0.4, -0.2) is 39.6 Å². The lowest BCUT2D eigenvalue weighted by Crippen LogP contribution is -2.42. The Morgan fingerprint density at radius 3 is 2.89 bits per heavy atom. The highest BCUT2D eigenvalue weighted by Gasteiger charge is 2.23. The second kappa shape index (κ2) is 4.42. The summed E-state index contributed by atoms with van der Waals surface area (Å²) in [4.78, 5) is 14.3. The monoisotopic (exact) mass is 244 g/mol. The second-order valence-electron chi connectivity index (χ2n) is 4.72. The van der Waals surface area contributed by atoms with E-state index in [9.17, 15) is 4.79 Å². The molecule has 3 heterocycles. The maximum atomic E-state index is 12.4. The third-order valence-electron chi connectivity index (χ3n) is 3.48. The zero-order valence-electron chi connectivity index (χ0n) is 10.1. The van der Waals surface area contributed by atoms with E-state index in [0.717, 1.165) is 31.4 Å². The van der Waals surface area contributed by atoms with Crippen molar-refractivity contribution in [1.29, 1.82) is 0 Å². The fourth-order valence-electron chi connectivity index (χ4n) is 2.37. The minimum Gasteiger partial charge on any atom is -0.338 e. The number of aromatic nitrogens is 2. The van der Waals surface area contributed by atoms with E-state index in [-0.39, 0.29) is 11.9 Å². The number of nitrogens with zero attached hydrogens (tertiary/aromatic N) is 3. The van der Waals surface area contributed by atoms with Crippen LogP contribution >= 0.6 is 0 Å². The largest absolute Gasteiger partial charge is 0.338 e. The Bertz CT molecular complexity index is 569. The van der Waals surface area contributed by atoms with Crippen LogP contribution < -0.4 is 5.73 Å². The highest BCUT2D eigenvalue weighted by Crippen LogP contribution is 2.16. The molecular weight excluding hydrogens is 228 g/mol. The Morgan fingerprint density at radius 1 is 1.33 bits per heavy atom. The predicted octanol–water partition coefficient (Wildman–Crippen LogP) is 0.898. The Morgan fingerprint density at radius 2 is 2.11 bits per heavy atom. The van der Waals surface area contributed by atoms with Crippen molar-refractivity contribution in [2.75, 3.05) is 13.1 Å². The number of hydrogen-bond acceptors (Lipinski definition) is 3. The average molecular weight is 244 g/mol. The average Bonchev–Trinajstić information content (AvgIpc) is 2.82. The number of hydrogen-bond donors (Lipinski definition) is 1. The van der Waals surface area contributed by atoms with E-state index in [0.29, 0.717) is 5.56 Å². The van der Waals surface area contributed by atoms with Crippen molar-refractivity contribution in [3.05, 3.63) is 36.2 Å². The van der Waals surface area contributed by atoms with Crippen LogP contribution in [0, 0.1) is 0 Å². The van der Waals surface area contributed by atoms with Gasteiger partial charge < -0.3 is 10.6 Å². The minimum atomic E-state index is 0.0584. The van der Waals surface area contributed by atoms with E-state index in [2.05, 4.69) is 5.10 Å². The Hall–Kier alpha value is -1.88. The summed E-state index contributed by atoms with van der Waals surface area (Å²) in [5.41, 5.74) is 7.38. The van der Waals surface area contributed by atoms with Gasteiger partial charge in [-0.05, 0) is 25.0 Å². The number of carbonyl (C=O) groups is 1. The molecule has 94 valence electrons. The number of carbonyl (C=O) groups excluding carboxylic acids is 1. The van der Waals surface area contributed by atoms with Crippen LogP contribution in [0.1, 0.15) is 23.2 Å². The molecule has 2 N–H and O–H groups in total. The zero-order valence-corrected chi connectivity index (χ0v) is 10.1. The molecule has 1 fully saturated rings. The zero-order chi connectivity index (χ0) is 12.5. The first-order valence-corrected chi connectivity index (χ1v) is 6.23. The van der Waals surface area contributed by atoms with E-state index in [1.165, 1.54) is 0 Å². The second-order valence-corrected chi connectivity index (χ2v) is 4.72. The molecule has 1 aliphatic rings. The van der Waals surface area contributed by atoms with Crippen molar-refractivity contribution in [3.63, 3.8) is 0 Å². The first-order valence-electron chi connectivity index (χ1n) is 6.23. The van der Waals surface area contributed by atoms with E-state index >= 15 is 0 Å². The van der Waals surface area contributed by atoms with Crippen LogP contribution in [0.3, 0.4) is 0 Å². The first-order chi connectivity index (χ1) is 8.75. The van der Waals surface area contributed by atoms with Gasteiger partial charge in [0.15, 0.2) is 0 Å². The highest BCUT2D eigenvalue weighted by molar-refractivity contribution is 6.00. The standard InChI is InChI=1S/C13H16N4O/c14-10-4-7-16(8-5-10)13(18)11-9-15-17-6-2-1-3-12(11)17/h1-3,6,9-10H,4-5,7-8,14H2. The summed E-state index contributed by atoms with van der Waals surface area (Å²) in [6, 6.07) is 5.96. The highest BCUT2D eigenvalue weighted by atomic mass is 16.2. The maximum Gasteiger partial charge on any atom is 0.257 e. The van der Waals surface area contributed by atoms with Crippen LogP contribution in [0.2, 0.25) is 0 Å². The number of rotatable bonds is 1. The van der Waals surface area contributed by atoms with Gasteiger partial charge in [0.05, 0.1) is 17.3 Å². The topological polar surface area (TPSA) is 63.6 Å². The van der Waals surface area contributed by atoms with E-state index in [1.54, 1.807) is 10.7 Å². The molecule has 0 aliphatic carbocycles. The Balaban J connectivity index is 1.88. The van der Waals surface area contributed by atoms with E-state index < -0.39 is 0 Å². The quantitative estimate of drug-likeness (QED) is 0.810. The lowest BCUT2D eigenvalue weighted by molar-refractivity contribution is 0.0716. The van der Waals surface area contributed by atoms with Gasteiger partial charge in [0.25, 0.3) is 5.91 Å². The molecule has 0 atom stereocenters. The smallest absolute Gasteiger partial charge is 0.257 e. The van der Waals surface area contributed by atoms with Gasteiger partial charge in [-0.25, -0.2) is 4.52 Å². The van der Waals surface area contributed by atoms with Crippen molar-refractivity contribution in [1.82, 2.24) is 14.5 Å². The molecule has 1 saturated heterocycles. The van der Waals surface area contributed by atoms with Gasteiger partial charge in [-0.15, -0.1) is 0 Å². The number of fused-ring (bicyclic) bond motifs is 1. The van der Waals surface area contributed by atoms with Crippen LogP contribution in [0.4, 0.5) is 0 Å². The number of likely N-dealkylation sites (tertiary alicyclic amines) is 1. The molecule has 3 rings (SSSR count). The summed E-state index contributed by atoms with van der Waals surface area (Å²) in [5.74, 6) is 0.0584. The van der Waals surface area contributed by atoms with Crippen molar-refractivity contribution < 1.29 is 4.79 Å². The molecule has 5 nitrogen and oxygen atoms in total. The van der Waals surface area contributed by atoms with Crippen LogP contribution in [0.25, 0.3) is 5.52 Å². The number of nitrogens with two attached hydrogens (primary N) is 1. The summed E-state index contributed by atoms with van der Waals surface area (Å²) in [5, 5.41) is 4.19. The van der Waals surface area contributed by atoms with Crippen molar-refractivity contribution >= 4 is 11.4 Å². The molecule has 0 saturated carbocycles. The summed E-state index contributed by atoms with van der Waals surface area (Å²) < 4.78 is 1.73. The van der Waals surface area contributed by atoms with Gasteiger partial charge in [0.1, 0.15) is 0 Å². The van der Waals surface area contributed by atoms with Gasteiger partial charge in [-0.1, -0.05) is 6.07 Å². The third kappa shape index (κ3) is 1.86. The number of piperidine rings is 1. The van der Waals surface area contributed by atoms with Gasteiger partial charge in [0.2, 0.25) is 0 Å². The lowest BCUT2D eigenvalue weighted by atomic mass is 10.1. The van der Waals surface area contributed by atoms with Crippen LogP contribution in [0.15, 0.2) is 30.6 Å². The molecule has 0 aromatic carbocycles. The summed E-state index contributed by atoms with van der Waals surface area (Å²) in [6.07, 6.45) is 5.25. The van der Waals surface area contributed by atoms with Gasteiger partial charge in [0, 0.05) is 25.3 Å². The van der Waals surface area contributed by atoms with Gasteiger partial charge in [-0.2, -0.15) is 5.10 Å². The molecule has 2 aromatic heterocycles. The van der Waals surface area contributed by atoms with E-state index in [4.69, 9.17) is 5.73 Å². The summed E-state index contributed by atoms with van der Waals surface area (Å²) >= 11 is 0. The van der Waals surface area contributed by atoms with Crippen molar-refractivity contribution in [2.45, 2.75) is 18.9 Å². The predicted molar refractivity (Wildman–Crippen MR) is 68.3 cm³/mol. The fourth-order valence-corrected chi connectivity index (χ4v) is 2.37. The number of amides is 1. The molecule has 0 unspecified atom stereocenters. The van der Waals surface area contributed by atoms with E-state index in [1.807, 2.05) is 29.3 Å². The number of pyridine rings is 1. The fraction of sp³-hybridized carbons (Fsp3) is 0.385. The molecule has 5 heteroatoms. The van der Waals surface area contributed by atoms with Crippen LogP contribution in [-0.2, 0) is 0 Å². The van der Waals surface area contributed by atoms with Crippen molar-refractivity contribution in [3.8, 4) is 0 Å². The molecule has 0 bridgehead atoms. The Labute approximate surface area is 105 Å². The molecule has 2 aromatic rings.